The van der Waals surface area contributed by atoms with E-state index in [1.165, 1.54) is 25.7 Å². The number of rotatable bonds is 8. The molecule has 1 aliphatic carbocycles. The van der Waals surface area contributed by atoms with Crippen molar-refractivity contribution < 1.29 is 28.6 Å². The predicted octanol–water partition coefficient (Wildman–Crippen LogP) is 3.05. The highest BCUT2D eigenvalue weighted by atomic mass is 16.5. The van der Waals surface area contributed by atoms with Crippen LogP contribution in [-0.4, -0.2) is 44.3 Å². The number of nitrogens with one attached hydrogen (secondary N) is 2. The molecule has 3 amide bonds. The van der Waals surface area contributed by atoms with Gasteiger partial charge in [-0.15, -0.1) is 0 Å². The molecule has 1 aromatic carbocycles. The Balaban J connectivity index is 1.81. The summed E-state index contributed by atoms with van der Waals surface area (Å²) in [6, 6.07) is 4.17. The molecule has 0 aromatic heterocycles. The largest absolute Gasteiger partial charge is 0.493 e. The van der Waals surface area contributed by atoms with E-state index in [2.05, 4.69) is 10.6 Å². The fourth-order valence-corrected chi connectivity index (χ4v) is 3.02. The molecule has 1 fully saturated rings. The van der Waals surface area contributed by atoms with Gasteiger partial charge in [0.1, 0.15) is 0 Å². The molecule has 0 unspecified atom stereocenters. The Hall–Kier alpha value is -2.77. The summed E-state index contributed by atoms with van der Waals surface area (Å²) >= 11 is 0. The summed E-state index contributed by atoms with van der Waals surface area (Å²) in [7, 11) is 1.48. The van der Waals surface area contributed by atoms with Crippen molar-refractivity contribution in [2.45, 2.75) is 52.0 Å². The smallest absolute Gasteiger partial charge is 0.338 e. The second-order valence-corrected chi connectivity index (χ2v) is 7.50. The van der Waals surface area contributed by atoms with Crippen LogP contribution in [0, 0.1) is 5.92 Å². The number of hydrogen-bond acceptors (Lipinski definition) is 6. The second-order valence-electron chi connectivity index (χ2n) is 7.50. The topological polar surface area (TPSA) is 103 Å². The normalized spacial score (nSPS) is 14.2. The standard InChI is InChI=1S/C21H30N2O6/c1-14(2)12-28-17-10-9-15(11-18(17)27-3)20(25)29-13-19(24)23-21(26)22-16-7-5-4-6-8-16/h9-11,14,16H,4-8,12-13H2,1-3H3,(H2,22,23,24,26). The quantitative estimate of drug-likeness (QED) is 0.643. The van der Waals surface area contributed by atoms with Gasteiger partial charge in [-0.05, 0) is 37.0 Å². The fourth-order valence-electron chi connectivity index (χ4n) is 3.02. The predicted molar refractivity (Wildman–Crippen MR) is 107 cm³/mol. The highest BCUT2D eigenvalue weighted by molar-refractivity contribution is 5.97. The molecule has 0 aliphatic heterocycles. The number of amides is 3. The Morgan fingerprint density at radius 1 is 1.10 bits per heavy atom. The summed E-state index contributed by atoms with van der Waals surface area (Å²) in [6.45, 7) is 4.02. The van der Waals surface area contributed by atoms with E-state index >= 15 is 0 Å². The first-order valence-corrected chi connectivity index (χ1v) is 9.97. The van der Waals surface area contributed by atoms with E-state index < -0.39 is 24.5 Å². The Morgan fingerprint density at radius 3 is 2.48 bits per heavy atom. The first-order valence-electron chi connectivity index (χ1n) is 9.97. The lowest BCUT2D eigenvalue weighted by atomic mass is 9.96. The molecule has 2 rings (SSSR count). The Morgan fingerprint density at radius 2 is 1.83 bits per heavy atom. The zero-order chi connectivity index (χ0) is 21.2. The van der Waals surface area contributed by atoms with Gasteiger partial charge in [0.25, 0.3) is 5.91 Å². The van der Waals surface area contributed by atoms with E-state index in [4.69, 9.17) is 14.2 Å². The molecule has 1 aliphatic rings. The van der Waals surface area contributed by atoms with Gasteiger partial charge < -0.3 is 19.5 Å². The lowest BCUT2D eigenvalue weighted by Gasteiger charge is -2.22. The van der Waals surface area contributed by atoms with Crippen LogP contribution in [0.5, 0.6) is 11.5 Å². The molecule has 8 nitrogen and oxygen atoms in total. The first-order chi connectivity index (χ1) is 13.9. The monoisotopic (exact) mass is 406 g/mol. The number of esters is 1. The third-order valence-electron chi connectivity index (χ3n) is 4.50. The highest BCUT2D eigenvalue weighted by Gasteiger charge is 2.18. The number of urea groups is 1. The molecule has 0 atom stereocenters. The molecule has 160 valence electrons. The molecule has 1 aromatic rings. The number of hydrogen-bond donors (Lipinski definition) is 2. The van der Waals surface area contributed by atoms with Gasteiger partial charge in [0.05, 0.1) is 19.3 Å². The minimum absolute atomic E-state index is 0.0861. The lowest BCUT2D eigenvalue weighted by Crippen LogP contribution is -2.46. The van der Waals surface area contributed by atoms with Crippen molar-refractivity contribution in [3.05, 3.63) is 23.8 Å². The summed E-state index contributed by atoms with van der Waals surface area (Å²) in [4.78, 5) is 35.9. The van der Waals surface area contributed by atoms with Gasteiger partial charge >= 0.3 is 12.0 Å². The highest BCUT2D eigenvalue weighted by Crippen LogP contribution is 2.28. The van der Waals surface area contributed by atoms with Crippen molar-refractivity contribution in [1.82, 2.24) is 10.6 Å². The average Bonchev–Trinajstić information content (AvgIpc) is 2.70. The van der Waals surface area contributed by atoms with Crippen molar-refractivity contribution >= 4 is 17.9 Å². The Labute approximate surface area is 171 Å². The van der Waals surface area contributed by atoms with Gasteiger partial charge in [-0.3, -0.25) is 10.1 Å². The molecule has 1 saturated carbocycles. The summed E-state index contributed by atoms with van der Waals surface area (Å²) in [5, 5.41) is 4.95. The van der Waals surface area contributed by atoms with Crippen molar-refractivity contribution in [2.24, 2.45) is 5.92 Å². The van der Waals surface area contributed by atoms with E-state index in [0.29, 0.717) is 24.0 Å². The van der Waals surface area contributed by atoms with Crippen LogP contribution in [0.3, 0.4) is 0 Å². The van der Waals surface area contributed by atoms with Gasteiger partial charge in [0.2, 0.25) is 0 Å². The second kappa shape index (κ2) is 11.3. The van der Waals surface area contributed by atoms with Gasteiger partial charge in [-0.1, -0.05) is 33.1 Å². The maximum atomic E-state index is 12.2. The molecule has 0 spiro atoms. The molecule has 29 heavy (non-hydrogen) atoms. The minimum Gasteiger partial charge on any atom is -0.493 e. The molecule has 2 N–H and O–H groups in total. The molecular formula is C21H30N2O6. The molecule has 0 heterocycles. The van der Waals surface area contributed by atoms with Crippen LogP contribution in [0.25, 0.3) is 0 Å². The van der Waals surface area contributed by atoms with Gasteiger partial charge in [0.15, 0.2) is 18.1 Å². The van der Waals surface area contributed by atoms with E-state index in [0.717, 1.165) is 25.7 Å². The summed E-state index contributed by atoms with van der Waals surface area (Å²) < 4.78 is 15.9. The van der Waals surface area contributed by atoms with Gasteiger partial charge in [0, 0.05) is 6.04 Å². The molecule has 0 bridgehead atoms. The van der Waals surface area contributed by atoms with E-state index in [1.54, 1.807) is 6.07 Å². The number of methoxy groups -OCH3 is 1. The fraction of sp³-hybridized carbons (Fsp3) is 0.571. The number of carbonyl (C=O) groups is 3. The zero-order valence-corrected chi connectivity index (χ0v) is 17.3. The van der Waals surface area contributed by atoms with Crippen LogP contribution < -0.4 is 20.1 Å². The zero-order valence-electron chi connectivity index (χ0n) is 17.3. The third-order valence-corrected chi connectivity index (χ3v) is 4.50. The summed E-state index contributed by atoms with van der Waals surface area (Å²) in [6.07, 6.45) is 5.14. The van der Waals surface area contributed by atoms with Crippen LogP contribution >= 0.6 is 0 Å². The maximum absolute atomic E-state index is 12.2. The van der Waals surface area contributed by atoms with Crippen molar-refractivity contribution in [3.8, 4) is 11.5 Å². The summed E-state index contributed by atoms with van der Waals surface area (Å²) in [5.74, 6) is -0.110. The van der Waals surface area contributed by atoms with Crippen molar-refractivity contribution in [2.75, 3.05) is 20.3 Å². The van der Waals surface area contributed by atoms with E-state index in [1.807, 2.05) is 13.8 Å². The average molecular weight is 406 g/mol. The SMILES string of the molecule is COc1cc(C(=O)OCC(=O)NC(=O)NC2CCCCC2)ccc1OCC(C)C. The lowest BCUT2D eigenvalue weighted by molar-refractivity contribution is -0.123. The first kappa shape index (κ1) is 22.5. The molecule has 0 radical (unpaired) electrons. The Kier molecular flexibility index (Phi) is 8.76. The van der Waals surface area contributed by atoms with Crippen LogP contribution in [0.15, 0.2) is 18.2 Å². The van der Waals surface area contributed by atoms with Crippen molar-refractivity contribution in [1.29, 1.82) is 0 Å². The van der Waals surface area contributed by atoms with E-state index in [9.17, 15) is 14.4 Å². The number of carbonyl (C=O) groups excluding carboxylic acids is 3. The third kappa shape index (κ3) is 7.63. The van der Waals surface area contributed by atoms with Gasteiger partial charge in [-0.2, -0.15) is 0 Å². The Bertz CT molecular complexity index is 713. The summed E-state index contributed by atoms with van der Waals surface area (Å²) in [5.41, 5.74) is 0.221. The molecule has 8 heteroatoms. The van der Waals surface area contributed by atoms with Gasteiger partial charge in [-0.25, -0.2) is 9.59 Å². The van der Waals surface area contributed by atoms with Crippen molar-refractivity contribution in [3.63, 3.8) is 0 Å². The van der Waals surface area contributed by atoms with E-state index in [-0.39, 0.29) is 11.6 Å². The number of benzene rings is 1. The minimum atomic E-state index is -0.693. The van der Waals surface area contributed by atoms with Crippen LogP contribution in [-0.2, 0) is 9.53 Å². The molecular weight excluding hydrogens is 376 g/mol. The van der Waals surface area contributed by atoms with Crippen LogP contribution in [0.2, 0.25) is 0 Å². The number of imide groups is 1. The maximum Gasteiger partial charge on any atom is 0.338 e. The van der Waals surface area contributed by atoms with Crippen LogP contribution in [0.4, 0.5) is 4.79 Å². The van der Waals surface area contributed by atoms with Crippen LogP contribution in [0.1, 0.15) is 56.3 Å². The number of ether oxygens (including phenoxy) is 3. The molecule has 0 saturated heterocycles.